The van der Waals surface area contributed by atoms with E-state index in [4.69, 9.17) is 9.47 Å². The number of carbonyl (C=O) groups excluding carboxylic acids is 1. The minimum Gasteiger partial charge on any atom is -0.493 e. The van der Waals surface area contributed by atoms with Crippen molar-refractivity contribution in [1.29, 1.82) is 0 Å². The van der Waals surface area contributed by atoms with E-state index >= 15 is 0 Å². The van der Waals surface area contributed by atoms with E-state index in [-0.39, 0.29) is 5.82 Å². The Labute approximate surface area is 120 Å². The van der Waals surface area contributed by atoms with Gasteiger partial charge in [-0.2, -0.15) is 0 Å². The van der Waals surface area contributed by atoms with Gasteiger partial charge >= 0.3 is 5.69 Å². The Hall–Kier alpha value is -2.77. The first kappa shape index (κ1) is 14.6. The summed E-state index contributed by atoms with van der Waals surface area (Å²) in [7, 11) is 3.14. The average molecular weight is 292 g/mol. The number of hydrogen-bond donors (Lipinski definition) is 3. The lowest BCUT2D eigenvalue weighted by molar-refractivity contribution is 0.0944. The van der Waals surface area contributed by atoms with Crippen LogP contribution in [-0.2, 0) is 6.42 Å². The van der Waals surface area contributed by atoms with Gasteiger partial charge < -0.3 is 14.8 Å². The molecular weight excluding hydrogens is 276 g/mol. The zero-order valence-electron chi connectivity index (χ0n) is 11.7. The van der Waals surface area contributed by atoms with Crippen molar-refractivity contribution >= 4 is 5.91 Å². The van der Waals surface area contributed by atoms with Crippen molar-refractivity contribution in [3.8, 4) is 11.5 Å². The van der Waals surface area contributed by atoms with Crippen molar-refractivity contribution in [3.63, 3.8) is 0 Å². The first-order valence-electron chi connectivity index (χ1n) is 6.28. The van der Waals surface area contributed by atoms with Crippen molar-refractivity contribution in [1.82, 2.24) is 20.5 Å². The first-order valence-corrected chi connectivity index (χ1v) is 6.28. The maximum atomic E-state index is 11.7. The van der Waals surface area contributed by atoms with E-state index in [0.717, 1.165) is 5.56 Å². The van der Waals surface area contributed by atoms with Crippen LogP contribution in [0.15, 0.2) is 23.0 Å². The van der Waals surface area contributed by atoms with Gasteiger partial charge in [-0.05, 0) is 24.1 Å². The highest BCUT2D eigenvalue weighted by Gasteiger charge is 2.09. The number of ether oxygens (including phenoxy) is 2. The van der Waals surface area contributed by atoms with Crippen LogP contribution in [0.2, 0.25) is 0 Å². The molecule has 0 aliphatic rings. The second-order valence-corrected chi connectivity index (χ2v) is 4.22. The Kier molecular flexibility index (Phi) is 4.60. The lowest BCUT2D eigenvalue weighted by atomic mass is 10.1. The Morgan fingerprint density at radius 3 is 2.67 bits per heavy atom. The first-order chi connectivity index (χ1) is 10.1. The highest BCUT2D eigenvalue weighted by Crippen LogP contribution is 2.27. The van der Waals surface area contributed by atoms with E-state index < -0.39 is 11.6 Å². The van der Waals surface area contributed by atoms with Gasteiger partial charge in [0, 0.05) is 6.54 Å². The number of nitrogens with one attached hydrogen (secondary N) is 3. The SMILES string of the molecule is COc1ccc(CCNC(=O)c2n[nH]c(=O)[nH]2)cc1OC. The van der Waals surface area contributed by atoms with Crippen LogP contribution in [0, 0.1) is 0 Å². The quantitative estimate of drug-likeness (QED) is 0.699. The molecule has 0 bridgehead atoms. The van der Waals surface area contributed by atoms with Crippen LogP contribution in [0.5, 0.6) is 11.5 Å². The molecule has 0 saturated heterocycles. The van der Waals surface area contributed by atoms with Gasteiger partial charge in [-0.25, -0.2) is 9.89 Å². The lowest BCUT2D eigenvalue weighted by Crippen LogP contribution is -2.27. The third kappa shape index (κ3) is 3.62. The largest absolute Gasteiger partial charge is 0.493 e. The van der Waals surface area contributed by atoms with Crippen LogP contribution in [0.3, 0.4) is 0 Å². The number of aromatic nitrogens is 3. The Balaban J connectivity index is 1.91. The summed E-state index contributed by atoms with van der Waals surface area (Å²) in [4.78, 5) is 24.8. The second kappa shape index (κ2) is 6.60. The molecule has 112 valence electrons. The molecule has 1 heterocycles. The van der Waals surface area contributed by atoms with E-state index in [1.807, 2.05) is 12.1 Å². The summed E-state index contributed by atoms with van der Waals surface area (Å²) in [6, 6.07) is 5.55. The zero-order valence-corrected chi connectivity index (χ0v) is 11.7. The third-order valence-corrected chi connectivity index (χ3v) is 2.86. The van der Waals surface area contributed by atoms with Crippen molar-refractivity contribution in [2.75, 3.05) is 20.8 Å². The minimum absolute atomic E-state index is 0.0349. The number of benzene rings is 1. The normalized spacial score (nSPS) is 10.2. The van der Waals surface area contributed by atoms with E-state index in [1.165, 1.54) is 0 Å². The number of H-pyrrole nitrogens is 2. The summed E-state index contributed by atoms with van der Waals surface area (Å²) in [5.41, 5.74) is 0.475. The molecule has 0 radical (unpaired) electrons. The highest BCUT2D eigenvalue weighted by atomic mass is 16.5. The fraction of sp³-hybridized carbons (Fsp3) is 0.308. The van der Waals surface area contributed by atoms with Crippen molar-refractivity contribution in [3.05, 3.63) is 40.1 Å². The highest BCUT2D eigenvalue weighted by molar-refractivity contribution is 5.90. The molecule has 0 fully saturated rings. The molecule has 3 N–H and O–H groups in total. The van der Waals surface area contributed by atoms with Gasteiger partial charge in [0.05, 0.1) is 14.2 Å². The average Bonchev–Trinajstić information content (AvgIpc) is 2.93. The molecule has 0 spiro atoms. The van der Waals surface area contributed by atoms with Crippen LogP contribution in [0.25, 0.3) is 0 Å². The maximum Gasteiger partial charge on any atom is 0.341 e. The van der Waals surface area contributed by atoms with E-state index in [1.54, 1.807) is 20.3 Å². The topological polar surface area (TPSA) is 109 Å². The van der Waals surface area contributed by atoms with E-state index in [2.05, 4.69) is 20.5 Å². The standard InChI is InChI=1S/C13H16N4O4/c1-20-9-4-3-8(7-10(9)21-2)5-6-14-12(18)11-15-13(19)17-16-11/h3-4,7H,5-6H2,1-2H3,(H,14,18)(H2,15,16,17,19). The zero-order chi connectivity index (χ0) is 15.2. The molecule has 2 aromatic rings. The van der Waals surface area contributed by atoms with Crippen molar-refractivity contribution in [2.24, 2.45) is 0 Å². The number of hydrogen-bond acceptors (Lipinski definition) is 5. The summed E-state index contributed by atoms with van der Waals surface area (Å²) >= 11 is 0. The van der Waals surface area contributed by atoms with Gasteiger partial charge in [0.2, 0.25) is 5.82 Å². The molecule has 0 aliphatic heterocycles. The third-order valence-electron chi connectivity index (χ3n) is 2.86. The van der Waals surface area contributed by atoms with Crippen molar-refractivity contribution < 1.29 is 14.3 Å². The van der Waals surface area contributed by atoms with Crippen LogP contribution in [0.4, 0.5) is 0 Å². The Morgan fingerprint density at radius 2 is 2.05 bits per heavy atom. The summed E-state index contributed by atoms with van der Waals surface area (Å²) in [6.07, 6.45) is 0.612. The molecule has 2 rings (SSSR count). The van der Waals surface area contributed by atoms with Gasteiger partial charge in [-0.15, -0.1) is 5.10 Å². The number of aromatic amines is 2. The number of nitrogens with zero attached hydrogens (tertiary/aromatic N) is 1. The molecule has 1 amide bonds. The Morgan fingerprint density at radius 1 is 1.29 bits per heavy atom. The molecular formula is C13H16N4O4. The molecule has 0 saturated carbocycles. The lowest BCUT2D eigenvalue weighted by Gasteiger charge is -2.09. The number of amides is 1. The van der Waals surface area contributed by atoms with Crippen LogP contribution < -0.4 is 20.5 Å². The fourth-order valence-electron chi connectivity index (χ4n) is 1.82. The second-order valence-electron chi connectivity index (χ2n) is 4.22. The van der Waals surface area contributed by atoms with Gasteiger partial charge in [-0.3, -0.25) is 9.78 Å². The molecule has 1 aromatic heterocycles. The Bertz CT molecular complexity index is 677. The summed E-state index contributed by atoms with van der Waals surface area (Å²) < 4.78 is 10.4. The fourth-order valence-corrected chi connectivity index (χ4v) is 1.82. The maximum absolute atomic E-state index is 11.7. The van der Waals surface area contributed by atoms with Gasteiger partial charge in [0.25, 0.3) is 5.91 Å². The molecule has 8 heteroatoms. The monoisotopic (exact) mass is 292 g/mol. The minimum atomic E-state index is -0.514. The summed E-state index contributed by atoms with van der Waals surface area (Å²) in [5.74, 6) is 0.818. The number of carbonyl (C=O) groups is 1. The molecule has 21 heavy (non-hydrogen) atoms. The smallest absolute Gasteiger partial charge is 0.341 e. The molecule has 8 nitrogen and oxygen atoms in total. The van der Waals surface area contributed by atoms with Gasteiger partial charge in [0.1, 0.15) is 0 Å². The van der Waals surface area contributed by atoms with Crippen LogP contribution >= 0.6 is 0 Å². The molecule has 0 aliphatic carbocycles. The molecule has 0 atom stereocenters. The number of rotatable bonds is 6. The predicted octanol–water partition coefficient (Wildman–Crippen LogP) is 0.0877. The predicted molar refractivity (Wildman–Crippen MR) is 74.8 cm³/mol. The molecule has 0 unspecified atom stereocenters. The summed E-state index contributed by atoms with van der Waals surface area (Å²) in [5, 5.41) is 8.35. The van der Waals surface area contributed by atoms with Crippen LogP contribution in [0.1, 0.15) is 16.2 Å². The summed E-state index contributed by atoms with van der Waals surface area (Å²) in [6.45, 7) is 0.406. The van der Waals surface area contributed by atoms with E-state index in [0.29, 0.717) is 24.5 Å². The van der Waals surface area contributed by atoms with E-state index in [9.17, 15) is 9.59 Å². The van der Waals surface area contributed by atoms with Crippen LogP contribution in [-0.4, -0.2) is 41.9 Å². The van der Waals surface area contributed by atoms with Crippen molar-refractivity contribution in [2.45, 2.75) is 6.42 Å². The molecule has 1 aromatic carbocycles. The number of methoxy groups -OCH3 is 2. The van der Waals surface area contributed by atoms with Gasteiger partial charge in [-0.1, -0.05) is 6.07 Å². The van der Waals surface area contributed by atoms with Gasteiger partial charge in [0.15, 0.2) is 11.5 Å².